The summed E-state index contributed by atoms with van der Waals surface area (Å²) in [5, 5.41) is 5.36. The standard InChI is InChI=1S/C19H19F2N3O2/c1-12(19(26)23-17-11-13(20)4-9-16(17)21)22-14-5-7-15(8-6-14)24-10-2-3-18(24)25/h4-9,11-12,22H,2-3,10H2,1H3,(H,23,26)/t12-/m0/s1. The minimum atomic E-state index is -0.702. The average molecular weight is 359 g/mol. The summed E-state index contributed by atoms with van der Waals surface area (Å²) >= 11 is 0. The smallest absolute Gasteiger partial charge is 0.246 e. The van der Waals surface area contributed by atoms with Crippen LogP contribution in [0.4, 0.5) is 25.8 Å². The second-order valence-electron chi connectivity index (χ2n) is 6.18. The van der Waals surface area contributed by atoms with E-state index in [0.717, 1.165) is 30.3 Å². The second kappa shape index (κ2) is 7.51. The van der Waals surface area contributed by atoms with Gasteiger partial charge in [-0.15, -0.1) is 0 Å². The summed E-state index contributed by atoms with van der Waals surface area (Å²) in [6.07, 6.45) is 1.42. The van der Waals surface area contributed by atoms with Gasteiger partial charge in [0.2, 0.25) is 11.8 Å². The number of halogens is 2. The molecule has 1 fully saturated rings. The van der Waals surface area contributed by atoms with Gasteiger partial charge in [0.25, 0.3) is 0 Å². The fourth-order valence-corrected chi connectivity index (χ4v) is 2.81. The first-order chi connectivity index (χ1) is 12.4. The van der Waals surface area contributed by atoms with Gasteiger partial charge in [-0.3, -0.25) is 9.59 Å². The van der Waals surface area contributed by atoms with Gasteiger partial charge in [-0.05, 0) is 49.7 Å². The molecule has 2 N–H and O–H groups in total. The third-order valence-corrected chi connectivity index (χ3v) is 4.22. The fourth-order valence-electron chi connectivity index (χ4n) is 2.81. The van der Waals surface area contributed by atoms with Crippen molar-refractivity contribution in [3.8, 4) is 0 Å². The lowest BCUT2D eigenvalue weighted by atomic mass is 10.2. The molecule has 0 bridgehead atoms. The monoisotopic (exact) mass is 359 g/mol. The molecule has 26 heavy (non-hydrogen) atoms. The zero-order valence-electron chi connectivity index (χ0n) is 14.3. The lowest BCUT2D eigenvalue weighted by molar-refractivity contribution is -0.117. The van der Waals surface area contributed by atoms with E-state index < -0.39 is 23.6 Å². The summed E-state index contributed by atoms with van der Waals surface area (Å²) in [6.45, 7) is 2.33. The maximum Gasteiger partial charge on any atom is 0.246 e. The lowest BCUT2D eigenvalue weighted by Crippen LogP contribution is -2.32. The Hall–Kier alpha value is -2.96. The Morgan fingerprint density at radius 1 is 1.15 bits per heavy atom. The molecule has 0 spiro atoms. The highest BCUT2D eigenvalue weighted by Crippen LogP contribution is 2.23. The topological polar surface area (TPSA) is 61.4 Å². The maximum atomic E-state index is 13.6. The van der Waals surface area contributed by atoms with E-state index in [0.29, 0.717) is 18.7 Å². The third-order valence-electron chi connectivity index (χ3n) is 4.22. The van der Waals surface area contributed by atoms with Crippen molar-refractivity contribution in [3.63, 3.8) is 0 Å². The first-order valence-corrected chi connectivity index (χ1v) is 8.37. The van der Waals surface area contributed by atoms with E-state index in [9.17, 15) is 18.4 Å². The lowest BCUT2D eigenvalue weighted by Gasteiger charge is -2.18. The molecule has 1 heterocycles. The van der Waals surface area contributed by atoms with Gasteiger partial charge in [-0.1, -0.05) is 0 Å². The molecule has 2 aromatic carbocycles. The number of carbonyl (C=O) groups is 2. The molecule has 1 atom stereocenters. The quantitative estimate of drug-likeness (QED) is 0.859. The average Bonchev–Trinajstić information content (AvgIpc) is 3.04. The normalized spacial score (nSPS) is 15.0. The Morgan fingerprint density at radius 3 is 2.54 bits per heavy atom. The maximum absolute atomic E-state index is 13.6. The largest absolute Gasteiger partial charge is 0.374 e. The molecule has 2 amide bonds. The highest BCUT2D eigenvalue weighted by atomic mass is 19.1. The van der Waals surface area contributed by atoms with Crippen molar-refractivity contribution in [1.29, 1.82) is 0 Å². The van der Waals surface area contributed by atoms with Crippen molar-refractivity contribution in [2.24, 2.45) is 0 Å². The van der Waals surface area contributed by atoms with Gasteiger partial charge >= 0.3 is 0 Å². The van der Waals surface area contributed by atoms with Crippen molar-refractivity contribution in [2.75, 3.05) is 22.1 Å². The third kappa shape index (κ3) is 3.99. The van der Waals surface area contributed by atoms with E-state index in [1.54, 1.807) is 24.0 Å². The summed E-state index contributed by atoms with van der Waals surface area (Å²) < 4.78 is 26.8. The van der Waals surface area contributed by atoms with Crippen molar-refractivity contribution in [3.05, 3.63) is 54.1 Å². The minimum absolute atomic E-state index is 0.107. The molecular formula is C19H19F2N3O2. The molecule has 0 aromatic heterocycles. The number of carbonyl (C=O) groups excluding carboxylic acids is 2. The number of nitrogens with zero attached hydrogens (tertiary/aromatic N) is 1. The van der Waals surface area contributed by atoms with Gasteiger partial charge in [0.05, 0.1) is 5.69 Å². The first kappa shape index (κ1) is 17.8. The van der Waals surface area contributed by atoms with Crippen LogP contribution in [0.2, 0.25) is 0 Å². The number of hydrogen-bond acceptors (Lipinski definition) is 3. The van der Waals surface area contributed by atoms with Gasteiger partial charge in [-0.25, -0.2) is 8.78 Å². The van der Waals surface area contributed by atoms with Gasteiger partial charge in [0.1, 0.15) is 17.7 Å². The zero-order chi connectivity index (χ0) is 18.7. The molecule has 0 radical (unpaired) electrons. The first-order valence-electron chi connectivity index (χ1n) is 8.37. The zero-order valence-corrected chi connectivity index (χ0v) is 14.3. The molecule has 2 aromatic rings. The number of hydrogen-bond donors (Lipinski definition) is 2. The van der Waals surface area contributed by atoms with Gasteiger partial charge in [0.15, 0.2) is 0 Å². The van der Waals surface area contributed by atoms with E-state index in [1.165, 1.54) is 0 Å². The second-order valence-corrected chi connectivity index (χ2v) is 6.18. The Labute approximate surface area is 150 Å². The van der Waals surface area contributed by atoms with Crippen LogP contribution < -0.4 is 15.5 Å². The van der Waals surface area contributed by atoms with Crippen LogP contribution in [-0.4, -0.2) is 24.4 Å². The summed E-state index contributed by atoms with van der Waals surface area (Å²) in [5.41, 5.74) is 1.30. The van der Waals surface area contributed by atoms with Crippen molar-refractivity contribution in [1.82, 2.24) is 0 Å². The molecule has 0 aliphatic carbocycles. The predicted molar refractivity (Wildman–Crippen MR) is 96.1 cm³/mol. The summed E-state index contributed by atoms with van der Waals surface area (Å²) in [5.74, 6) is -1.72. The summed E-state index contributed by atoms with van der Waals surface area (Å²) in [4.78, 5) is 25.7. The van der Waals surface area contributed by atoms with E-state index in [4.69, 9.17) is 0 Å². The molecule has 1 saturated heterocycles. The van der Waals surface area contributed by atoms with E-state index >= 15 is 0 Å². The number of rotatable bonds is 5. The molecule has 7 heteroatoms. The molecule has 1 aliphatic rings. The SMILES string of the molecule is C[C@H](Nc1ccc(N2CCCC2=O)cc1)C(=O)Nc1cc(F)ccc1F. The van der Waals surface area contributed by atoms with Crippen LogP contribution in [-0.2, 0) is 9.59 Å². The summed E-state index contributed by atoms with van der Waals surface area (Å²) in [6, 6.07) is 9.37. The van der Waals surface area contributed by atoms with Crippen molar-refractivity contribution >= 4 is 28.9 Å². The highest BCUT2D eigenvalue weighted by molar-refractivity contribution is 5.97. The number of nitrogens with one attached hydrogen (secondary N) is 2. The number of anilines is 3. The van der Waals surface area contributed by atoms with Crippen LogP contribution in [0.5, 0.6) is 0 Å². The molecule has 0 saturated carbocycles. The minimum Gasteiger partial charge on any atom is -0.374 e. The Bertz CT molecular complexity index is 824. The van der Waals surface area contributed by atoms with E-state index in [1.807, 2.05) is 12.1 Å². The Balaban J connectivity index is 1.62. The van der Waals surface area contributed by atoms with Gasteiger partial charge < -0.3 is 15.5 Å². The van der Waals surface area contributed by atoms with Crippen LogP contribution in [0.25, 0.3) is 0 Å². The van der Waals surface area contributed by atoms with Crippen molar-refractivity contribution in [2.45, 2.75) is 25.8 Å². The van der Waals surface area contributed by atoms with Crippen LogP contribution in [0, 0.1) is 11.6 Å². The van der Waals surface area contributed by atoms with Gasteiger partial charge in [-0.2, -0.15) is 0 Å². The van der Waals surface area contributed by atoms with Crippen LogP contribution in [0.15, 0.2) is 42.5 Å². The molecule has 0 unspecified atom stereocenters. The summed E-state index contributed by atoms with van der Waals surface area (Å²) in [7, 11) is 0. The van der Waals surface area contributed by atoms with Gasteiger partial charge in [0, 0.05) is 30.4 Å². The predicted octanol–water partition coefficient (Wildman–Crippen LogP) is 3.53. The molecular weight excluding hydrogens is 340 g/mol. The van der Waals surface area contributed by atoms with E-state index in [-0.39, 0.29) is 11.6 Å². The van der Waals surface area contributed by atoms with Crippen LogP contribution in [0.3, 0.4) is 0 Å². The molecule has 136 valence electrons. The Kier molecular flexibility index (Phi) is 5.16. The highest BCUT2D eigenvalue weighted by Gasteiger charge is 2.21. The Morgan fingerprint density at radius 2 is 1.88 bits per heavy atom. The fraction of sp³-hybridized carbons (Fsp3) is 0.263. The van der Waals surface area contributed by atoms with Crippen molar-refractivity contribution < 1.29 is 18.4 Å². The molecule has 5 nitrogen and oxygen atoms in total. The number of benzene rings is 2. The molecule has 1 aliphatic heterocycles. The van der Waals surface area contributed by atoms with E-state index in [2.05, 4.69) is 10.6 Å². The van der Waals surface area contributed by atoms with Crippen LogP contribution >= 0.6 is 0 Å². The van der Waals surface area contributed by atoms with Crippen LogP contribution in [0.1, 0.15) is 19.8 Å². The number of amides is 2. The molecule has 3 rings (SSSR count).